The van der Waals surface area contributed by atoms with Gasteiger partial charge in [-0.15, -0.1) is 0 Å². The van der Waals surface area contributed by atoms with Crippen molar-refractivity contribution in [2.45, 2.75) is 13.0 Å². The molecule has 5 heteroatoms. The third-order valence-electron chi connectivity index (χ3n) is 4.63. The van der Waals surface area contributed by atoms with E-state index in [0.717, 1.165) is 31.2 Å². The zero-order chi connectivity index (χ0) is 17.1. The molecule has 3 rings (SSSR count). The first kappa shape index (κ1) is 16.8. The predicted molar refractivity (Wildman–Crippen MR) is 94.8 cm³/mol. The molecule has 24 heavy (non-hydrogen) atoms. The molecule has 1 aliphatic heterocycles. The van der Waals surface area contributed by atoms with Gasteiger partial charge in [0.25, 0.3) is 0 Å². The van der Waals surface area contributed by atoms with Gasteiger partial charge in [0.1, 0.15) is 5.82 Å². The van der Waals surface area contributed by atoms with Crippen LogP contribution in [0.15, 0.2) is 42.5 Å². The van der Waals surface area contributed by atoms with E-state index in [-0.39, 0.29) is 5.82 Å². The average Bonchev–Trinajstić information content (AvgIpc) is 2.62. The van der Waals surface area contributed by atoms with Gasteiger partial charge in [-0.25, -0.2) is 4.39 Å². The van der Waals surface area contributed by atoms with Crippen LogP contribution in [0, 0.1) is 17.1 Å². The molecule has 0 bridgehead atoms. The van der Waals surface area contributed by atoms with Crippen LogP contribution in [0.25, 0.3) is 0 Å². The van der Waals surface area contributed by atoms with Crippen LogP contribution in [0.5, 0.6) is 0 Å². The smallest absolute Gasteiger partial charge is 0.147 e. The van der Waals surface area contributed by atoms with Crippen LogP contribution in [-0.2, 0) is 0 Å². The van der Waals surface area contributed by atoms with Crippen LogP contribution in [0.2, 0.25) is 5.02 Å². The first-order chi connectivity index (χ1) is 11.6. The van der Waals surface area contributed by atoms with Crippen molar-refractivity contribution in [2.75, 3.05) is 31.1 Å². The number of nitrogens with zero attached hydrogens (tertiary/aromatic N) is 3. The van der Waals surface area contributed by atoms with E-state index < -0.39 is 0 Å². The molecule has 1 atom stereocenters. The van der Waals surface area contributed by atoms with E-state index in [0.29, 0.717) is 17.3 Å². The molecule has 1 fully saturated rings. The monoisotopic (exact) mass is 343 g/mol. The van der Waals surface area contributed by atoms with Crippen molar-refractivity contribution < 1.29 is 4.39 Å². The molecular weight excluding hydrogens is 325 g/mol. The Bertz CT molecular complexity index is 746. The average molecular weight is 344 g/mol. The topological polar surface area (TPSA) is 30.3 Å². The number of piperazine rings is 1. The Hall–Kier alpha value is -2.09. The number of rotatable bonds is 3. The van der Waals surface area contributed by atoms with Gasteiger partial charge in [-0.1, -0.05) is 23.7 Å². The molecule has 1 unspecified atom stereocenters. The Morgan fingerprint density at radius 3 is 2.33 bits per heavy atom. The van der Waals surface area contributed by atoms with E-state index in [1.54, 1.807) is 12.1 Å². The third kappa shape index (κ3) is 3.53. The van der Waals surface area contributed by atoms with E-state index in [4.69, 9.17) is 16.9 Å². The lowest BCUT2D eigenvalue weighted by Gasteiger charge is -2.39. The van der Waals surface area contributed by atoms with E-state index in [1.165, 1.54) is 11.6 Å². The van der Waals surface area contributed by atoms with Crippen molar-refractivity contribution in [3.05, 3.63) is 64.4 Å². The highest BCUT2D eigenvalue weighted by molar-refractivity contribution is 6.30. The standard InChI is InChI=1S/C19H19ClFN3/c1-14(16-3-5-17(20)6-4-16)23-8-10-24(11-9-23)19-7-2-15(13-22)12-18(19)21/h2-7,12,14H,8-11H2,1H3. The molecular formula is C19H19ClFN3. The Balaban J connectivity index is 1.65. The van der Waals surface area contributed by atoms with Gasteiger partial charge >= 0.3 is 0 Å². The van der Waals surface area contributed by atoms with Crippen molar-refractivity contribution in [3.8, 4) is 6.07 Å². The molecule has 1 heterocycles. The minimum Gasteiger partial charge on any atom is -0.367 e. The lowest BCUT2D eigenvalue weighted by Crippen LogP contribution is -2.47. The SMILES string of the molecule is CC(c1ccc(Cl)cc1)N1CCN(c2ccc(C#N)cc2F)CC1. The Labute approximate surface area is 146 Å². The molecule has 0 amide bonds. The third-order valence-corrected chi connectivity index (χ3v) is 4.88. The van der Waals surface area contributed by atoms with Gasteiger partial charge in [0.2, 0.25) is 0 Å². The second-order valence-corrected chi connectivity index (χ2v) is 6.46. The first-order valence-corrected chi connectivity index (χ1v) is 8.40. The predicted octanol–water partition coefficient (Wildman–Crippen LogP) is 4.23. The summed E-state index contributed by atoms with van der Waals surface area (Å²) in [6.45, 7) is 5.44. The molecule has 3 nitrogen and oxygen atoms in total. The largest absolute Gasteiger partial charge is 0.367 e. The number of halogens is 2. The van der Waals surface area contributed by atoms with Gasteiger partial charge in [0.15, 0.2) is 0 Å². The fraction of sp³-hybridized carbons (Fsp3) is 0.316. The molecule has 0 aliphatic carbocycles. The molecule has 0 saturated carbocycles. The first-order valence-electron chi connectivity index (χ1n) is 8.02. The number of anilines is 1. The van der Waals surface area contributed by atoms with Crippen LogP contribution < -0.4 is 4.90 Å². The fourth-order valence-electron chi connectivity index (χ4n) is 3.14. The number of hydrogen-bond acceptors (Lipinski definition) is 3. The summed E-state index contributed by atoms with van der Waals surface area (Å²) in [5.41, 5.74) is 2.16. The molecule has 0 aromatic heterocycles. The van der Waals surface area contributed by atoms with Crippen molar-refractivity contribution in [1.82, 2.24) is 4.90 Å². The van der Waals surface area contributed by atoms with Gasteiger partial charge < -0.3 is 4.90 Å². The molecule has 0 radical (unpaired) electrons. The minimum absolute atomic E-state index is 0.301. The van der Waals surface area contributed by atoms with Gasteiger partial charge in [0, 0.05) is 37.2 Å². The summed E-state index contributed by atoms with van der Waals surface area (Å²) < 4.78 is 14.2. The zero-order valence-electron chi connectivity index (χ0n) is 13.5. The summed E-state index contributed by atoms with van der Waals surface area (Å²) in [4.78, 5) is 4.43. The molecule has 1 saturated heterocycles. The van der Waals surface area contributed by atoms with Gasteiger partial charge in [-0.05, 0) is 42.8 Å². The van der Waals surface area contributed by atoms with E-state index in [9.17, 15) is 4.39 Å². The summed E-state index contributed by atoms with van der Waals surface area (Å²) in [6, 6.07) is 14.9. The Kier molecular flexibility index (Phi) is 5.03. The van der Waals surface area contributed by atoms with Crippen molar-refractivity contribution in [2.24, 2.45) is 0 Å². The lowest BCUT2D eigenvalue weighted by atomic mass is 10.1. The number of benzene rings is 2. The molecule has 0 N–H and O–H groups in total. The minimum atomic E-state index is -0.326. The van der Waals surface area contributed by atoms with Crippen molar-refractivity contribution in [3.63, 3.8) is 0 Å². The number of nitriles is 1. The maximum atomic E-state index is 14.2. The summed E-state index contributed by atoms with van der Waals surface area (Å²) in [6.07, 6.45) is 0. The maximum absolute atomic E-state index is 14.2. The Morgan fingerprint density at radius 2 is 1.75 bits per heavy atom. The fourth-order valence-corrected chi connectivity index (χ4v) is 3.26. The highest BCUT2D eigenvalue weighted by Gasteiger charge is 2.23. The summed E-state index contributed by atoms with van der Waals surface area (Å²) in [5, 5.41) is 9.58. The number of hydrogen-bond donors (Lipinski definition) is 0. The van der Waals surface area contributed by atoms with Gasteiger partial charge in [-0.2, -0.15) is 5.26 Å². The molecule has 124 valence electrons. The summed E-state index contributed by atoms with van der Waals surface area (Å²) in [5.74, 6) is -0.326. The maximum Gasteiger partial charge on any atom is 0.147 e. The normalized spacial score (nSPS) is 16.7. The van der Waals surface area contributed by atoms with Crippen molar-refractivity contribution >= 4 is 17.3 Å². The van der Waals surface area contributed by atoms with Crippen LogP contribution >= 0.6 is 11.6 Å². The molecule has 2 aromatic carbocycles. The van der Waals surface area contributed by atoms with Gasteiger partial charge in [-0.3, -0.25) is 4.90 Å². The Morgan fingerprint density at radius 1 is 1.08 bits per heavy atom. The van der Waals surface area contributed by atoms with Crippen LogP contribution in [0.4, 0.5) is 10.1 Å². The van der Waals surface area contributed by atoms with E-state index in [1.807, 2.05) is 23.1 Å². The summed E-state index contributed by atoms with van der Waals surface area (Å²) >= 11 is 5.95. The van der Waals surface area contributed by atoms with E-state index in [2.05, 4.69) is 24.0 Å². The highest BCUT2D eigenvalue weighted by atomic mass is 35.5. The van der Waals surface area contributed by atoms with Gasteiger partial charge in [0.05, 0.1) is 17.3 Å². The summed E-state index contributed by atoms with van der Waals surface area (Å²) in [7, 11) is 0. The lowest BCUT2D eigenvalue weighted by molar-refractivity contribution is 0.198. The zero-order valence-corrected chi connectivity index (χ0v) is 14.3. The van der Waals surface area contributed by atoms with E-state index >= 15 is 0 Å². The quantitative estimate of drug-likeness (QED) is 0.835. The molecule has 2 aromatic rings. The molecule has 0 spiro atoms. The van der Waals surface area contributed by atoms with Crippen LogP contribution in [0.3, 0.4) is 0 Å². The van der Waals surface area contributed by atoms with Crippen molar-refractivity contribution in [1.29, 1.82) is 5.26 Å². The second kappa shape index (κ2) is 7.21. The molecule has 1 aliphatic rings. The van der Waals surface area contributed by atoms with Crippen LogP contribution in [0.1, 0.15) is 24.1 Å². The van der Waals surface area contributed by atoms with Crippen LogP contribution in [-0.4, -0.2) is 31.1 Å². The second-order valence-electron chi connectivity index (χ2n) is 6.03. The highest BCUT2D eigenvalue weighted by Crippen LogP contribution is 2.26.